The number of anilines is 1. The van der Waals surface area contributed by atoms with E-state index in [2.05, 4.69) is 17.6 Å². The fourth-order valence-corrected chi connectivity index (χ4v) is 1.57. The Morgan fingerprint density at radius 1 is 1.31 bits per heavy atom. The molecule has 0 unspecified atom stereocenters. The number of nitrogens with one attached hydrogen (secondary N) is 2. The molecule has 0 heterocycles. The van der Waals surface area contributed by atoms with Crippen LogP contribution < -0.4 is 10.6 Å². The lowest BCUT2D eigenvalue weighted by atomic mass is 10.1. The SMILES string of the molecule is CCCC[C@@H](NC)C(=O)Nc1ccccc1. The first-order valence-corrected chi connectivity index (χ1v) is 5.81. The van der Waals surface area contributed by atoms with E-state index in [0.29, 0.717) is 0 Å². The number of hydrogen-bond acceptors (Lipinski definition) is 2. The zero-order chi connectivity index (χ0) is 11.8. The third-order valence-corrected chi connectivity index (χ3v) is 2.55. The van der Waals surface area contributed by atoms with Gasteiger partial charge in [0.2, 0.25) is 5.91 Å². The molecule has 0 saturated heterocycles. The normalized spacial score (nSPS) is 12.1. The van der Waals surface area contributed by atoms with Crippen molar-refractivity contribution in [3.63, 3.8) is 0 Å². The molecule has 3 nitrogen and oxygen atoms in total. The van der Waals surface area contributed by atoms with Crippen molar-refractivity contribution in [1.29, 1.82) is 0 Å². The molecule has 1 atom stereocenters. The number of para-hydroxylation sites is 1. The van der Waals surface area contributed by atoms with Crippen LogP contribution >= 0.6 is 0 Å². The summed E-state index contributed by atoms with van der Waals surface area (Å²) >= 11 is 0. The maximum atomic E-state index is 11.9. The van der Waals surface area contributed by atoms with Crippen molar-refractivity contribution >= 4 is 11.6 Å². The summed E-state index contributed by atoms with van der Waals surface area (Å²) in [5, 5.41) is 5.95. The average molecular weight is 220 g/mol. The van der Waals surface area contributed by atoms with Crippen molar-refractivity contribution < 1.29 is 4.79 Å². The molecule has 1 aromatic carbocycles. The highest BCUT2D eigenvalue weighted by atomic mass is 16.2. The van der Waals surface area contributed by atoms with Crippen LogP contribution in [0.4, 0.5) is 5.69 Å². The molecule has 1 aromatic rings. The largest absolute Gasteiger partial charge is 0.325 e. The summed E-state index contributed by atoms with van der Waals surface area (Å²) in [6, 6.07) is 9.45. The van der Waals surface area contributed by atoms with Gasteiger partial charge in [-0.15, -0.1) is 0 Å². The number of hydrogen-bond donors (Lipinski definition) is 2. The summed E-state index contributed by atoms with van der Waals surface area (Å²) in [6.07, 6.45) is 3.05. The van der Waals surface area contributed by atoms with Crippen molar-refractivity contribution in [2.24, 2.45) is 0 Å². The van der Waals surface area contributed by atoms with Crippen LogP contribution in [0.15, 0.2) is 30.3 Å². The molecule has 0 aliphatic heterocycles. The molecule has 1 rings (SSSR count). The Hall–Kier alpha value is -1.35. The first-order valence-electron chi connectivity index (χ1n) is 5.81. The van der Waals surface area contributed by atoms with E-state index >= 15 is 0 Å². The zero-order valence-electron chi connectivity index (χ0n) is 9.99. The molecule has 1 amide bonds. The molecule has 88 valence electrons. The summed E-state index contributed by atoms with van der Waals surface area (Å²) in [5.74, 6) is 0.0437. The van der Waals surface area contributed by atoms with Crippen molar-refractivity contribution in [1.82, 2.24) is 5.32 Å². The quantitative estimate of drug-likeness (QED) is 0.773. The van der Waals surface area contributed by atoms with E-state index in [4.69, 9.17) is 0 Å². The van der Waals surface area contributed by atoms with Crippen LogP contribution in [0.25, 0.3) is 0 Å². The summed E-state index contributed by atoms with van der Waals surface area (Å²) in [6.45, 7) is 2.13. The molecule has 0 aliphatic carbocycles. The predicted octanol–water partition coefficient (Wildman–Crippen LogP) is 2.40. The van der Waals surface area contributed by atoms with Crippen LogP contribution in [0, 0.1) is 0 Å². The molecule has 2 N–H and O–H groups in total. The number of carbonyl (C=O) groups excluding carboxylic acids is 1. The highest BCUT2D eigenvalue weighted by Gasteiger charge is 2.15. The third kappa shape index (κ3) is 4.03. The topological polar surface area (TPSA) is 41.1 Å². The second kappa shape index (κ2) is 7.01. The maximum Gasteiger partial charge on any atom is 0.241 e. The maximum absolute atomic E-state index is 11.9. The van der Waals surface area contributed by atoms with Gasteiger partial charge in [-0.3, -0.25) is 4.79 Å². The molecule has 0 radical (unpaired) electrons. The van der Waals surface area contributed by atoms with Gasteiger partial charge < -0.3 is 10.6 Å². The Labute approximate surface area is 97.2 Å². The number of carbonyl (C=O) groups is 1. The smallest absolute Gasteiger partial charge is 0.241 e. The fraction of sp³-hybridized carbons (Fsp3) is 0.462. The van der Waals surface area contributed by atoms with E-state index in [9.17, 15) is 4.79 Å². The van der Waals surface area contributed by atoms with Gasteiger partial charge in [0.05, 0.1) is 6.04 Å². The van der Waals surface area contributed by atoms with E-state index in [1.807, 2.05) is 37.4 Å². The van der Waals surface area contributed by atoms with Gasteiger partial charge in [0.15, 0.2) is 0 Å². The predicted molar refractivity (Wildman–Crippen MR) is 67.4 cm³/mol. The minimum absolute atomic E-state index is 0.0437. The zero-order valence-corrected chi connectivity index (χ0v) is 9.99. The van der Waals surface area contributed by atoms with Gasteiger partial charge in [-0.2, -0.15) is 0 Å². The van der Waals surface area contributed by atoms with E-state index in [1.54, 1.807) is 0 Å². The van der Waals surface area contributed by atoms with Crippen LogP contribution in [0.1, 0.15) is 26.2 Å². The lowest BCUT2D eigenvalue weighted by Crippen LogP contribution is -2.38. The number of unbranched alkanes of at least 4 members (excludes halogenated alkanes) is 1. The number of likely N-dealkylation sites (N-methyl/N-ethyl adjacent to an activating group) is 1. The van der Waals surface area contributed by atoms with Crippen molar-refractivity contribution in [3.05, 3.63) is 30.3 Å². The number of rotatable bonds is 6. The molecule has 0 aromatic heterocycles. The molecule has 0 aliphatic rings. The first-order chi connectivity index (χ1) is 7.77. The third-order valence-electron chi connectivity index (χ3n) is 2.55. The highest BCUT2D eigenvalue weighted by Crippen LogP contribution is 2.07. The summed E-state index contributed by atoms with van der Waals surface area (Å²) in [5.41, 5.74) is 0.851. The van der Waals surface area contributed by atoms with E-state index < -0.39 is 0 Å². The molecule has 16 heavy (non-hydrogen) atoms. The van der Waals surface area contributed by atoms with Gasteiger partial charge in [0.25, 0.3) is 0 Å². The van der Waals surface area contributed by atoms with Crippen LogP contribution in [-0.2, 0) is 4.79 Å². The standard InChI is InChI=1S/C13H20N2O/c1-3-4-10-12(14-2)13(16)15-11-8-6-5-7-9-11/h5-9,12,14H,3-4,10H2,1-2H3,(H,15,16)/t12-/m1/s1. The van der Waals surface area contributed by atoms with E-state index in [-0.39, 0.29) is 11.9 Å². The first kappa shape index (κ1) is 12.7. The lowest BCUT2D eigenvalue weighted by molar-refractivity contribution is -0.118. The van der Waals surface area contributed by atoms with Gasteiger partial charge in [-0.05, 0) is 25.6 Å². The Morgan fingerprint density at radius 3 is 2.56 bits per heavy atom. The van der Waals surface area contributed by atoms with Crippen LogP contribution in [0.5, 0.6) is 0 Å². The van der Waals surface area contributed by atoms with Crippen LogP contribution in [0.3, 0.4) is 0 Å². The Morgan fingerprint density at radius 2 is 2.00 bits per heavy atom. The van der Waals surface area contributed by atoms with Crippen LogP contribution in [0.2, 0.25) is 0 Å². The minimum Gasteiger partial charge on any atom is -0.325 e. The molecule has 0 saturated carbocycles. The molecule has 0 bridgehead atoms. The average Bonchev–Trinajstić information content (AvgIpc) is 2.31. The van der Waals surface area contributed by atoms with E-state index in [1.165, 1.54) is 0 Å². The van der Waals surface area contributed by atoms with Gasteiger partial charge in [-0.25, -0.2) is 0 Å². The second-order valence-electron chi connectivity index (χ2n) is 3.84. The van der Waals surface area contributed by atoms with Gasteiger partial charge in [-0.1, -0.05) is 38.0 Å². The summed E-state index contributed by atoms with van der Waals surface area (Å²) < 4.78 is 0. The lowest BCUT2D eigenvalue weighted by Gasteiger charge is -2.15. The van der Waals surface area contributed by atoms with E-state index in [0.717, 1.165) is 24.9 Å². The number of benzene rings is 1. The van der Waals surface area contributed by atoms with Crippen molar-refractivity contribution in [2.45, 2.75) is 32.2 Å². The monoisotopic (exact) mass is 220 g/mol. The Balaban J connectivity index is 2.49. The van der Waals surface area contributed by atoms with Gasteiger partial charge >= 0.3 is 0 Å². The fourth-order valence-electron chi connectivity index (χ4n) is 1.57. The molecule has 0 fully saturated rings. The Kier molecular flexibility index (Phi) is 5.57. The molecular weight excluding hydrogens is 200 g/mol. The van der Waals surface area contributed by atoms with Crippen molar-refractivity contribution in [3.8, 4) is 0 Å². The van der Waals surface area contributed by atoms with Crippen LogP contribution in [-0.4, -0.2) is 19.0 Å². The minimum atomic E-state index is -0.0971. The second-order valence-corrected chi connectivity index (χ2v) is 3.84. The number of amides is 1. The Bertz CT molecular complexity index is 311. The van der Waals surface area contributed by atoms with Gasteiger partial charge in [0, 0.05) is 5.69 Å². The molecule has 0 spiro atoms. The van der Waals surface area contributed by atoms with Gasteiger partial charge in [0.1, 0.15) is 0 Å². The molecular formula is C13H20N2O. The highest BCUT2D eigenvalue weighted by molar-refractivity contribution is 5.94. The molecule has 3 heteroatoms. The summed E-state index contributed by atoms with van der Waals surface area (Å²) in [4.78, 5) is 11.9. The summed E-state index contributed by atoms with van der Waals surface area (Å²) in [7, 11) is 1.82. The van der Waals surface area contributed by atoms with Crippen molar-refractivity contribution in [2.75, 3.05) is 12.4 Å².